The third-order valence-electron chi connectivity index (χ3n) is 6.46. The molecule has 2 aromatic heterocycles. The van der Waals surface area contributed by atoms with E-state index >= 15 is 0 Å². The highest BCUT2D eigenvalue weighted by Crippen LogP contribution is 2.29. The molecular formula is C24H26N4O3S. The van der Waals surface area contributed by atoms with Crippen LogP contribution in [0.25, 0.3) is 33.1 Å². The highest BCUT2D eigenvalue weighted by atomic mass is 32.2. The molecular weight excluding hydrogens is 424 g/mol. The molecule has 5 rings (SSSR count). The van der Waals surface area contributed by atoms with E-state index in [1.54, 1.807) is 4.31 Å². The van der Waals surface area contributed by atoms with E-state index in [0.717, 1.165) is 27.5 Å². The van der Waals surface area contributed by atoms with Gasteiger partial charge < -0.3 is 9.97 Å². The van der Waals surface area contributed by atoms with Crippen LogP contribution in [0.1, 0.15) is 18.5 Å². The fourth-order valence-corrected chi connectivity index (χ4v) is 5.36. The summed E-state index contributed by atoms with van der Waals surface area (Å²) in [4.78, 5) is 21.3. The summed E-state index contributed by atoms with van der Waals surface area (Å²) in [5.41, 5.74) is 4.26. The minimum absolute atomic E-state index is 0.118. The van der Waals surface area contributed by atoms with Crippen molar-refractivity contribution in [3.8, 4) is 11.3 Å². The molecule has 1 aliphatic rings. The van der Waals surface area contributed by atoms with E-state index in [1.165, 1.54) is 11.8 Å². The number of rotatable bonds is 4. The van der Waals surface area contributed by atoms with Gasteiger partial charge in [-0.15, -0.1) is 0 Å². The van der Waals surface area contributed by atoms with E-state index in [2.05, 4.69) is 33.9 Å². The highest BCUT2D eigenvalue weighted by molar-refractivity contribution is 7.88. The molecule has 2 N–H and O–H groups in total. The zero-order valence-electron chi connectivity index (χ0n) is 18.1. The second kappa shape index (κ2) is 7.88. The van der Waals surface area contributed by atoms with Crippen molar-refractivity contribution in [2.75, 3.05) is 32.4 Å². The van der Waals surface area contributed by atoms with Crippen molar-refractivity contribution in [3.05, 3.63) is 70.5 Å². The molecule has 0 radical (unpaired) electrons. The first kappa shape index (κ1) is 20.9. The number of hydrogen-bond donors (Lipinski definition) is 2. The van der Waals surface area contributed by atoms with E-state index in [9.17, 15) is 13.2 Å². The van der Waals surface area contributed by atoms with Crippen LogP contribution in [0.15, 0.2) is 59.4 Å². The van der Waals surface area contributed by atoms with Gasteiger partial charge in [0.05, 0.1) is 17.5 Å². The molecule has 1 aliphatic heterocycles. The molecule has 1 saturated heterocycles. The quantitative estimate of drug-likeness (QED) is 0.499. The van der Waals surface area contributed by atoms with Crippen molar-refractivity contribution in [1.29, 1.82) is 0 Å². The van der Waals surface area contributed by atoms with Crippen molar-refractivity contribution in [2.45, 2.75) is 13.0 Å². The molecule has 4 aromatic rings. The lowest BCUT2D eigenvalue weighted by Gasteiger charge is -2.37. The highest BCUT2D eigenvalue weighted by Gasteiger charge is 2.26. The summed E-state index contributed by atoms with van der Waals surface area (Å²) in [6.45, 7) is 4.60. The Labute approximate surface area is 186 Å². The number of para-hydroxylation sites is 1. The minimum atomic E-state index is -3.13. The molecule has 7 nitrogen and oxygen atoms in total. The summed E-state index contributed by atoms with van der Waals surface area (Å²) in [5, 5.41) is 2.04. The number of aromatic nitrogens is 2. The Hall–Kier alpha value is -2.94. The molecule has 2 aromatic carbocycles. The fourth-order valence-electron chi connectivity index (χ4n) is 4.54. The third-order valence-corrected chi connectivity index (χ3v) is 7.76. The number of benzene rings is 2. The van der Waals surface area contributed by atoms with Gasteiger partial charge in [0.1, 0.15) is 0 Å². The van der Waals surface area contributed by atoms with Gasteiger partial charge in [-0.3, -0.25) is 9.69 Å². The molecule has 0 bridgehead atoms. The Morgan fingerprint density at radius 3 is 2.34 bits per heavy atom. The average Bonchev–Trinajstić information content (AvgIpc) is 3.20. The second-order valence-corrected chi connectivity index (χ2v) is 10.5. The Kier molecular flexibility index (Phi) is 5.16. The summed E-state index contributed by atoms with van der Waals surface area (Å²) < 4.78 is 25.1. The summed E-state index contributed by atoms with van der Waals surface area (Å²) in [5.74, 6) is 0. The second-order valence-electron chi connectivity index (χ2n) is 8.50. The van der Waals surface area contributed by atoms with Crippen LogP contribution in [0.5, 0.6) is 0 Å². The summed E-state index contributed by atoms with van der Waals surface area (Å²) in [6, 6.07) is 18.2. The van der Waals surface area contributed by atoms with Crippen LogP contribution in [-0.2, 0) is 10.0 Å². The number of nitrogens with one attached hydrogen (secondary N) is 2. The summed E-state index contributed by atoms with van der Waals surface area (Å²) in [6.07, 6.45) is 1.27. The monoisotopic (exact) mass is 450 g/mol. The predicted octanol–water partition coefficient (Wildman–Crippen LogP) is 3.31. The number of fused-ring (bicyclic) bond motifs is 2. The van der Waals surface area contributed by atoms with E-state index in [4.69, 9.17) is 0 Å². The third kappa shape index (κ3) is 3.85. The lowest BCUT2D eigenvalue weighted by molar-refractivity contribution is 0.146. The lowest BCUT2D eigenvalue weighted by Crippen LogP contribution is -2.48. The Morgan fingerprint density at radius 2 is 1.59 bits per heavy atom. The van der Waals surface area contributed by atoms with Crippen LogP contribution in [0.3, 0.4) is 0 Å². The molecule has 32 heavy (non-hydrogen) atoms. The van der Waals surface area contributed by atoms with Crippen molar-refractivity contribution in [2.24, 2.45) is 0 Å². The van der Waals surface area contributed by atoms with Gasteiger partial charge in [-0.05, 0) is 48.2 Å². The van der Waals surface area contributed by atoms with Gasteiger partial charge in [0.15, 0.2) is 0 Å². The van der Waals surface area contributed by atoms with E-state index in [0.29, 0.717) is 31.7 Å². The number of sulfonamides is 1. The van der Waals surface area contributed by atoms with E-state index in [1.807, 2.05) is 42.5 Å². The molecule has 0 amide bonds. The number of nitrogens with zero attached hydrogens (tertiary/aromatic N) is 2. The topological polar surface area (TPSA) is 89.3 Å². The van der Waals surface area contributed by atoms with E-state index in [-0.39, 0.29) is 11.6 Å². The smallest absolute Gasteiger partial charge is 0.257 e. The molecule has 3 heterocycles. The predicted molar refractivity (Wildman–Crippen MR) is 128 cm³/mol. The number of H-pyrrole nitrogens is 2. The van der Waals surface area contributed by atoms with Gasteiger partial charge in [-0.2, -0.15) is 4.31 Å². The number of aromatic amines is 2. The van der Waals surface area contributed by atoms with Gasteiger partial charge >= 0.3 is 0 Å². The normalized spacial score (nSPS) is 17.2. The van der Waals surface area contributed by atoms with Gasteiger partial charge in [-0.25, -0.2) is 8.42 Å². The minimum Gasteiger partial charge on any atom is -0.354 e. The van der Waals surface area contributed by atoms with Crippen LogP contribution in [0, 0.1) is 0 Å². The van der Waals surface area contributed by atoms with Crippen LogP contribution < -0.4 is 5.56 Å². The van der Waals surface area contributed by atoms with Crippen molar-refractivity contribution >= 4 is 31.8 Å². The first-order valence-electron chi connectivity index (χ1n) is 10.7. The van der Waals surface area contributed by atoms with E-state index < -0.39 is 10.0 Å². The largest absolute Gasteiger partial charge is 0.354 e. The van der Waals surface area contributed by atoms with Gasteiger partial charge in [0, 0.05) is 48.6 Å². The fraction of sp³-hybridized carbons (Fsp3) is 0.292. The van der Waals surface area contributed by atoms with Crippen molar-refractivity contribution in [1.82, 2.24) is 19.2 Å². The zero-order valence-corrected chi connectivity index (χ0v) is 18.9. The van der Waals surface area contributed by atoms with Crippen molar-refractivity contribution < 1.29 is 8.42 Å². The van der Waals surface area contributed by atoms with Crippen molar-refractivity contribution in [3.63, 3.8) is 0 Å². The summed E-state index contributed by atoms with van der Waals surface area (Å²) >= 11 is 0. The van der Waals surface area contributed by atoms with Gasteiger partial charge in [0.2, 0.25) is 10.0 Å². The first-order chi connectivity index (χ1) is 15.3. The standard InChI is InChI=1S/C24H26N4O3S/c1-16(27-9-11-28(12-10-27)32(2,30)31)17-7-8-22-19(13-17)15-23(25-22)20-14-18-5-3-4-6-21(18)26-24(20)29/h3-8,13-16,25H,9-12H2,1-2H3,(H,26,29). The maximum atomic E-state index is 12.7. The summed E-state index contributed by atoms with van der Waals surface area (Å²) in [7, 11) is -3.13. The molecule has 8 heteroatoms. The molecule has 1 atom stereocenters. The number of pyridine rings is 1. The van der Waals surface area contributed by atoms with Crippen LogP contribution in [0.2, 0.25) is 0 Å². The van der Waals surface area contributed by atoms with Gasteiger partial charge in [-0.1, -0.05) is 24.3 Å². The van der Waals surface area contributed by atoms with Gasteiger partial charge in [0.25, 0.3) is 5.56 Å². The Balaban J connectivity index is 1.42. The van der Waals surface area contributed by atoms with Crippen LogP contribution in [-0.4, -0.2) is 60.0 Å². The maximum absolute atomic E-state index is 12.7. The van der Waals surface area contributed by atoms with Crippen LogP contribution in [0.4, 0.5) is 0 Å². The Bertz CT molecular complexity index is 1460. The maximum Gasteiger partial charge on any atom is 0.257 e. The average molecular weight is 451 g/mol. The molecule has 0 spiro atoms. The molecule has 166 valence electrons. The molecule has 1 unspecified atom stereocenters. The SMILES string of the molecule is CC(c1ccc2[nH]c(-c3cc4ccccc4[nH]c3=O)cc2c1)N1CCN(S(C)(=O)=O)CC1. The zero-order chi connectivity index (χ0) is 22.5. The lowest BCUT2D eigenvalue weighted by atomic mass is 10.0. The van der Waals surface area contributed by atoms with Crippen LogP contribution >= 0.6 is 0 Å². The number of hydrogen-bond acceptors (Lipinski definition) is 4. The molecule has 0 saturated carbocycles. The molecule has 0 aliphatic carbocycles. The number of piperazine rings is 1. The molecule has 1 fully saturated rings. The Morgan fingerprint density at radius 1 is 0.875 bits per heavy atom. The first-order valence-corrected chi connectivity index (χ1v) is 12.6.